The number of hydrogen-bond donors (Lipinski definition) is 0. The summed E-state index contributed by atoms with van der Waals surface area (Å²) in [5.74, 6) is 0.751. The van der Waals surface area contributed by atoms with Crippen molar-refractivity contribution in [1.29, 1.82) is 0 Å². The lowest BCUT2D eigenvalue weighted by molar-refractivity contribution is 0.590. The molecule has 0 heterocycles. The number of thioether (sulfide) groups is 1. The van der Waals surface area contributed by atoms with Gasteiger partial charge >= 0.3 is 0 Å². The Hall–Kier alpha value is -0.140. The van der Waals surface area contributed by atoms with Crippen molar-refractivity contribution in [2.45, 2.75) is 44.3 Å². The lowest BCUT2D eigenvalue weighted by atomic mass is 9.86. The van der Waals surface area contributed by atoms with Crippen molar-refractivity contribution in [2.75, 3.05) is 12.1 Å². The van der Waals surface area contributed by atoms with Gasteiger partial charge in [-0.05, 0) is 35.6 Å². The fraction of sp³-hybridized carbons (Fsp3) is 0.600. The largest absolute Gasteiger partial charge is 0.161 e. The molecule has 0 N–H and O–H groups in total. The molecule has 0 saturated carbocycles. The predicted octanol–water partition coefficient (Wildman–Crippen LogP) is 4.89. The topological polar surface area (TPSA) is 0 Å². The molecule has 1 atom stereocenters. The molecule has 0 bridgehead atoms. The van der Waals surface area contributed by atoms with Crippen LogP contribution < -0.4 is 0 Å². The highest BCUT2D eigenvalue weighted by Crippen LogP contribution is 2.23. The molecule has 0 aliphatic carbocycles. The summed E-state index contributed by atoms with van der Waals surface area (Å²) in [6.45, 7) is 6.75. The number of benzene rings is 1. The average Bonchev–Trinajstić information content (AvgIpc) is 2.30. The molecule has 0 radical (unpaired) electrons. The Morgan fingerprint density at radius 2 is 1.76 bits per heavy atom. The van der Waals surface area contributed by atoms with Gasteiger partial charge in [0.2, 0.25) is 0 Å². The maximum atomic E-state index is 5.90. The second kappa shape index (κ2) is 6.70. The van der Waals surface area contributed by atoms with Crippen molar-refractivity contribution < 1.29 is 0 Å². The van der Waals surface area contributed by atoms with E-state index in [0.29, 0.717) is 5.25 Å². The van der Waals surface area contributed by atoms with Crippen LogP contribution in [0.2, 0.25) is 0 Å². The van der Waals surface area contributed by atoms with E-state index >= 15 is 0 Å². The number of aryl methyl sites for hydroxylation is 1. The summed E-state index contributed by atoms with van der Waals surface area (Å²) in [4.78, 5) is 0. The Labute approximate surface area is 115 Å². The zero-order chi connectivity index (χ0) is 12.9. The molecule has 17 heavy (non-hydrogen) atoms. The van der Waals surface area contributed by atoms with Gasteiger partial charge in [0.05, 0.1) is 0 Å². The van der Waals surface area contributed by atoms with E-state index in [1.54, 1.807) is 0 Å². The van der Waals surface area contributed by atoms with E-state index in [9.17, 15) is 0 Å². The highest BCUT2D eigenvalue weighted by Gasteiger charge is 2.13. The lowest BCUT2D eigenvalue weighted by Gasteiger charge is -2.19. The summed E-state index contributed by atoms with van der Waals surface area (Å²) >= 11 is 7.76. The number of hydrogen-bond acceptors (Lipinski definition) is 1. The van der Waals surface area contributed by atoms with Gasteiger partial charge in [-0.3, -0.25) is 0 Å². The van der Waals surface area contributed by atoms with E-state index in [1.165, 1.54) is 17.5 Å². The second-order valence-corrected chi connectivity index (χ2v) is 6.94. The SMILES string of the molecule is CSC(CCl)CCc1ccc(C(C)(C)C)cc1. The standard InChI is InChI=1S/C15H23ClS/c1-15(2,3)13-8-5-12(6-9-13)7-10-14(11-16)17-4/h5-6,8-9,14H,7,10-11H2,1-4H3. The van der Waals surface area contributed by atoms with Gasteiger partial charge in [0.1, 0.15) is 0 Å². The Morgan fingerprint density at radius 1 is 1.18 bits per heavy atom. The molecule has 96 valence electrons. The van der Waals surface area contributed by atoms with Gasteiger partial charge in [0, 0.05) is 11.1 Å². The molecule has 1 unspecified atom stereocenters. The molecule has 0 aliphatic heterocycles. The average molecular weight is 271 g/mol. The maximum absolute atomic E-state index is 5.90. The summed E-state index contributed by atoms with van der Waals surface area (Å²) in [7, 11) is 0. The second-order valence-electron chi connectivity index (χ2n) is 5.50. The van der Waals surface area contributed by atoms with Crippen molar-refractivity contribution in [1.82, 2.24) is 0 Å². The van der Waals surface area contributed by atoms with Crippen LogP contribution in [0.4, 0.5) is 0 Å². The molecule has 0 aliphatic rings. The van der Waals surface area contributed by atoms with Crippen LogP contribution >= 0.6 is 23.4 Å². The smallest absolute Gasteiger partial charge is 0.0342 e. The fourth-order valence-corrected chi connectivity index (χ4v) is 2.77. The van der Waals surface area contributed by atoms with E-state index in [0.717, 1.165) is 12.3 Å². The van der Waals surface area contributed by atoms with Gasteiger partial charge in [-0.1, -0.05) is 45.0 Å². The first-order chi connectivity index (χ1) is 7.97. The molecule has 0 nitrogen and oxygen atoms in total. The third-order valence-electron chi connectivity index (χ3n) is 3.08. The third-order valence-corrected chi connectivity index (χ3v) is 4.70. The summed E-state index contributed by atoms with van der Waals surface area (Å²) in [5.41, 5.74) is 3.07. The van der Waals surface area contributed by atoms with Crippen molar-refractivity contribution >= 4 is 23.4 Å². The first-order valence-electron chi connectivity index (χ1n) is 6.15. The Balaban J connectivity index is 2.57. The number of halogens is 1. The van der Waals surface area contributed by atoms with Crippen LogP contribution in [-0.4, -0.2) is 17.4 Å². The Kier molecular flexibility index (Phi) is 5.88. The van der Waals surface area contributed by atoms with E-state index < -0.39 is 0 Å². The molecule has 0 fully saturated rings. The van der Waals surface area contributed by atoms with Crippen LogP contribution in [0.3, 0.4) is 0 Å². The molecule has 1 aromatic rings. The van der Waals surface area contributed by atoms with Crippen molar-refractivity contribution in [2.24, 2.45) is 0 Å². The van der Waals surface area contributed by atoms with Gasteiger partial charge in [-0.25, -0.2) is 0 Å². The quantitative estimate of drug-likeness (QED) is 0.687. The van der Waals surface area contributed by atoms with Crippen LogP contribution in [-0.2, 0) is 11.8 Å². The number of rotatable bonds is 5. The Morgan fingerprint density at radius 3 is 2.18 bits per heavy atom. The van der Waals surface area contributed by atoms with Gasteiger partial charge in [-0.15, -0.1) is 11.6 Å². The monoisotopic (exact) mass is 270 g/mol. The minimum atomic E-state index is 0.247. The number of alkyl halides is 1. The normalized spacial score (nSPS) is 13.7. The van der Waals surface area contributed by atoms with Gasteiger partial charge < -0.3 is 0 Å². The minimum absolute atomic E-state index is 0.247. The highest BCUT2D eigenvalue weighted by molar-refractivity contribution is 7.99. The predicted molar refractivity (Wildman–Crippen MR) is 81.5 cm³/mol. The summed E-state index contributed by atoms with van der Waals surface area (Å²) in [6.07, 6.45) is 4.43. The maximum Gasteiger partial charge on any atom is 0.0342 e. The van der Waals surface area contributed by atoms with Crippen molar-refractivity contribution in [3.8, 4) is 0 Å². The Bertz CT molecular complexity index is 320. The van der Waals surface area contributed by atoms with Gasteiger partial charge in [0.15, 0.2) is 0 Å². The molecule has 2 heteroatoms. The van der Waals surface area contributed by atoms with E-state index in [-0.39, 0.29) is 5.41 Å². The van der Waals surface area contributed by atoms with Crippen LogP contribution in [0.15, 0.2) is 24.3 Å². The molecule has 0 aromatic heterocycles. The molecule has 1 rings (SSSR count). The van der Waals surface area contributed by atoms with E-state index in [1.807, 2.05) is 11.8 Å². The third kappa shape index (κ3) is 4.93. The van der Waals surface area contributed by atoms with Crippen LogP contribution in [0.5, 0.6) is 0 Å². The summed E-state index contributed by atoms with van der Waals surface area (Å²) in [6, 6.07) is 9.02. The molecule has 0 saturated heterocycles. The van der Waals surface area contributed by atoms with E-state index in [2.05, 4.69) is 51.3 Å². The molecular formula is C15H23ClS. The van der Waals surface area contributed by atoms with Crippen LogP contribution in [0.25, 0.3) is 0 Å². The molecule has 0 amide bonds. The van der Waals surface area contributed by atoms with Gasteiger partial charge in [0.25, 0.3) is 0 Å². The van der Waals surface area contributed by atoms with Gasteiger partial charge in [-0.2, -0.15) is 11.8 Å². The zero-order valence-corrected chi connectivity index (χ0v) is 12.9. The van der Waals surface area contributed by atoms with Crippen molar-refractivity contribution in [3.05, 3.63) is 35.4 Å². The fourth-order valence-electron chi connectivity index (χ4n) is 1.76. The summed E-state index contributed by atoms with van der Waals surface area (Å²) in [5, 5.41) is 0.582. The molecule has 0 spiro atoms. The highest BCUT2D eigenvalue weighted by atomic mass is 35.5. The molecule has 1 aromatic carbocycles. The van der Waals surface area contributed by atoms with Crippen LogP contribution in [0.1, 0.15) is 38.3 Å². The van der Waals surface area contributed by atoms with E-state index in [4.69, 9.17) is 11.6 Å². The summed E-state index contributed by atoms with van der Waals surface area (Å²) < 4.78 is 0. The molecular weight excluding hydrogens is 248 g/mol. The lowest BCUT2D eigenvalue weighted by Crippen LogP contribution is -2.11. The first kappa shape index (κ1) is 14.9. The minimum Gasteiger partial charge on any atom is -0.161 e. The zero-order valence-electron chi connectivity index (χ0n) is 11.3. The van der Waals surface area contributed by atoms with Crippen LogP contribution in [0, 0.1) is 0 Å². The van der Waals surface area contributed by atoms with Crippen molar-refractivity contribution in [3.63, 3.8) is 0 Å². The first-order valence-corrected chi connectivity index (χ1v) is 7.98.